The second-order valence-corrected chi connectivity index (χ2v) is 6.38. The first-order valence-electron chi connectivity index (χ1n) is 8.40. The molecule has 2 heterocycles. The van der Waals surface area contributed by atoms with Crippen molar-refractivity contribution in [2.75, 3.05) is 32.6 Å². The normalized spacial score (nSPS) is 17.1. The quantitative estimate of drug-likeness (QED) is 0.811. The van der Waals surface area contributed by atoms with Gasteiger partial charge in [-0.25, -0.2) is 4.98 Å². The van der Waals surface area contributed by atoms with Crippen molar-refractivity contribution in [2.24, 2.45) is 5.73 Å². The predicted octanol–water partition coefficient (Wildman–Crippen LogP) is 1.72. The van der Waals surface area contributed by atoms with Crippen molar-refractivity contribution in [1.29, 1.82) is 0 Å². The largest absolute Gasteiger partial charge is 0.489 e. The van der Waals surface area contributed by atoms with Crippen LogP contribution >= 0.6 is 0 Å². The van der Waals surface area contributed by atoms with Crippen LogP contribution in [0.5, 0.6) is 11.6 Å². The van der Waals surface area contributed by atoms with Crippen LogP contribution in [0.1, 0.15) is 22.3 Å². The summed E-state index contributed by atoms with van der Waals surface area (Å²) in [5, 5.41) is 3.10. The second kappa shape index (κ2) is 7.57. The number of nitrogens with one attached hydrogen (secondary N) is 1. The van der Waals surface area contributed by atoms with Gasteiger partial charge in [0.1, 0.15) is 17.4 Å². The molecule has 1 unspecified atom stereocenters. The Bertz CT molecular complexity index is 811. The molecule has 0 aliphatic carbocycles. The maximum atomic E-state index is 11.3. The number of aromatic nitrogens is 2. The third kappa shape index (κ3) is 4.02. The van der Waals surface area contributed by atoms with E-state index in [4.69, 9.17) is 15.2 Å². The summed E-state index contributed by atoms with van der Waals surface area (Å²) in [6, 6.07) is 5.80. The number of nitrogens with zero attached hydrogens (tertiary/aromatic N) is 3. The average molecular weight is 357 g/mol. The molecule has 1 amide bonds. The molecule has 1 aromatic carbocycles. The third-order valence-corrected chi connectivity index (χ3v) is 4.29. The Kier molecular flexibility index (Phi) is 5.22. The lowest BCUT2D eigenvalue weighted by Gasteiger charge is -2.16. The van der Waals surface area contributed by atoms with Crippen molar-refractivity contribution in [1.82, 2.24) is 14.9 Å². The highest BCUT2D eigenvalue weighted by Crippen LogP contribution is 2.26. The highest BCUT2D eigenvalue weighted by molar-refractivity contribution is 5.94. The van der Waals surface area contributed by atoms with Gasteiger partial charge in [0.2, 0.25) is 11.8 Å². The van der Waals surface area contributed by atoms with Gasteiger partial charge in [-0.1, -0.05) is 0 Å². The summed E-state index contributed by atoms with van der Waals surface area (Å²) in [5.41, 5.74) is 7.24. The van der Waals surface area contributed by atoms with Crippen molar-refractivity contribution in [2.45, 2.75) is 19.4 Å². The third-order valence-electron chi connectivity index (χ3n) is 4.29. The summed E-state index contributed by atoms with van der Waals surface area (Å²) < 4.78 is 11.2. The summed E-state index contributed by atoms with van der Waals surface area (Å²) in [7, 11) is 3.52. The number of anilines is 2. The number of benzene rings is 1. The van der Waals surface area contributed by atoms with Gasteiger partial charge in [0, 0.05) is 25.0 Å². The van der Waals surface area contributed by atoms with E-state index < -0.39 is 5.91 Å². The van der Waals surface area contributed by atoms with Gasteiger partial charge in [0.15, 0.2) is 0 Å². The van der Waals surface area contributed by atoms with Crippen LogP contribution in [0.4, 0.5) is 11.6 Å². The lowest BCUT2D eigenvalue weighted by Crippen LogP contribution is -2.21. The molecule has 0 radical (unpaired) electrons. The van der Waals surface area contributed by atoms with Gasteiger partial charge < -0.3 is 25.4 Å². The molecule has 2 aromatic rings. The Balaban J connectivity index is 1.72. The van der Waals surface area contributed by atoms with E-state index in [2.05, 4.69) is 27.2 Å². The van der Waals surface area contributed by atoms with Gasteiger partial charge in [-0.15, -0.1) is 0 Å². The number of likely N-dealkylation sites (tertiary alicyclic amines) is 1. The number of rotatable bonds is 6. The average Bonchev–Trinajstić information content (AvgIpc) is 3.02. The van der Waals surface area contributed by atoms with Gasteiger partial charge in [0.05, 0.1) is 7.11 Å². The number of aryl methyl sites for hydroxylation is 1. The molecular weight excluding hydrogens is 334 g/mol. The molecule has 8 heteroatoms. The second-order valence-electron chi connectivity index (χ2n) is 6.38. The zero-order chi connectivity index (χ0) is 18.7. The zero-order valence-corrected chi connectivity index (χ0v) is 15.2. The van der Waals surface area contributed by atoms with E-state index in [-0.39, 0.29) is 17.5 Å². The highest BCUT2D eigenvalue weighted by Gasteiger charge is 2.21. The van der Waals surface area contributed by atoms with E-state index in [1.165, 1.54) is 13.3 Å². The van der Waals surface area contributed by atoms with Crippen LogP contribution in [0.15, 0.2) is 24.4 Å². The van der Waals surface area contributed by atoms with Gasteiger partial charge >= 0.3 is 0 Å². The number of nitrogens with two attached hydrogens (primary N) is 1. The first-order valence-corrected chi connectivity index (χ1v) is 8.40. The SMILES string of the molecule is COc1nc(Nc2ccc(OC3CCN(C)C3)c(C)c2)ncc1C(N)=O. The van der Waals surface area contributed by atoms with Crippen LogP contribution in [0, 0.1) is 6.92 Å². The first kappa shape index (κ1) is 17.9. The molecule has 1 aliphatic heterocycles. The fraction of sp³-hybridized carbons (Fsp3) is 0.389. The number of carbonyl (C=O) groups is 1. The van der Waals surface area contributed by atoms with E-state index in [0.717, 1.165) is 36.5 Å². The molecule has 0 spiro atoms. The first-order chi connectivity index (χ1) is 12.5. The Labute approximate surface area is 152 Å². The molecule has 1 fully saturated rings. The molecule has 3 rings (SSSR count). The maximum Gasteiger partial charge on any atom is 0.255 e. The molecule has 1 saturated heterocycles. The molecule has 8 nitrogen and oxygen atoms in total. The van der Waals surface area contributed by atoms with E-state index in [0.29, 0.717) is 5.95 Å². The van der Waals surface area contributed by atoms with Gasteiger partial charge in [-0.3, -0.25) is 4.79 Å². The Morgan fingerprint density at radius 1 is 1.42 bits per heavy atom. The number of ether oxygens (including phenoxy) is 2. The van der Waals surface area contributed by atoms with Crippen LogP contribution in [-0.2, 0) is 0 Å². The fourth-order valence-electron chi connectivity index (χ4n) is 2.91. The monoisotopic (exact) mass is 357 g/mol. The van der Waals surface area contributed by atoms with Crippen LogP contribution in [0.2, 0.25) is 0 Å². The molecular formula is C18H23N5O3. The maximum absolute atomic E-state index is 11.3. The van der Waals surface area contributed by atoms with Crippen molar-refractivity contribution in [3.05, 3.63) is 35.5 Å². The van der Waals surface area contributed by atoms with Crippen molar-refractivity contribution >= 4 is 17.5 Å². The summed E-state index contributed by atoms with van der Waals surface area (Å²) in [6.45, 7) is 4.00. The summed E-state index contributed by atoms with van der Waals surface area (Å²) in [5.74, 6) is 0.691. The van der Waals surface area contributed by atoms with E-state index in [1.54, 1.807) is 0 Å². The van der Waals surface area contributed by atoms with Crippen LogP contribution in [0.3, 0.4) is 0 Å². The van der Waals surface area contributed by atoms with Crippen LogP contribution in [-0.4, -0.2) is 54.1 Å². The number of hydrogen-bond acceptors (Lipinski definition) is 7. The van der Waals surface area contributed by atoms with Gasteiger partial charge in [0.25, 0.3) is 5.91 Å². The Morgan fingerprint density at radius 3 is 2.85 bits per heavy atom. The molecule has 1 aromatic heterocycles. The van der Waals surface area contributed by atoms with E-state index in [1.807, 2.05) is 25.1 Å². The highest BCUT2D eigenvalue weighted by atomic mass is 16.5. The fourth-order valence-corrected chi connectivity index (χ4v) is 2.91. The summed E-state index contributed by atoms with van der Waals surface area (Å²) >= 11 is 0. The topological polar surface area (TPSA) is 103 Å². The molecule has 1 aliphatic rings. The predicted molar refractivity (Wildman–Crippen MR) is 98.1 cm³/mol. The summed E-state index contributed by atoms with van der Waals surface area (Å²) in [4.78, 5) is 21.9. The van der Waals surface area contributed by atoms with E-state index in [9.17, 15) is 4.79 Å². The number of amides is 1. The lowest BCUT2D eigenvalue weighted by atomic mass is 10.2. The van der Waals surface area contributed by atoms with Crippen molar-refractivity contribution in [3.63, 3.8) is 0 Å². The number of carbonyl (C=O) groups excluding carboxylic acids is 1. The Morgan fingerprint density at radius 2 is 2.23 bits per heavy atom. The Hall–Kier alpha value is -2.87. The minimum absolute atomic E-state index is 0.136. The number of likely N-dealkylation sites (N-methyl/N-ethyl adjacent to an activating group) is 1. The molecule has 0 bridgehead atoms. The number of methoxy groups -OCH3 is 1. The standard InChI is InChI=1S/C18H23N5O3/c1-11-8-12(4-5-15(11)26-13-6-7-23(2)10-13)21-18-20-9-14(16(19)24)17(22-18)25-3/h4-5,8-9,13H,6-7,10H2,1-3H3,(H2,19,24)(H,20,21,22). The minimum Gasteiger partial charge on any atom is -0.489 e. The van der Waals surface area contributed by atoms with Gasteiger partial charge in [-0.2, -0.15) is 4.98 Å². The number of primary amides is 1. The summed E-state index contributed by atoms with van der Waals surface area (Å²) in [6.07, 6.45) is 2.61. The molecule has 26 heavy (non-hydrogen) atoms. The van der Waals surface area contributed by atoms with Crippen LogP contribution in [0.25, 0.3) is 0 Å². The molecule has 1 atom stereocenters. The van der Waals surface area contributed by atoms with Crippen molar-refractivity contribution in [3.8, 4) is 11.6 Å². The molecule has 3 N–H and O–H groups in total. The molecule has 0 saturated carbocycles. The zero-order valence-electron chi connectivity index (χ0n) is 15.2. The van der Waals surface area contributed by atoms with Gasteiger partial charge in [-0.05, 0) is 44.2 Å². The lowest BCUT2D eigenvalue weighted by molar-refractivity contribution is 0.0996. The number of hydrogen-bond donors (Lipinski definition) is 2. The molecule has 138 valence electrons. The van der Waals surface area contributed by atoms with Crippen LogP contribution < -0.4 is 20.5 Å². The smallest absolute Gasteiger partial charge is 0.255 e. The van der Waals surface area contributed by atoms with Crippen molar-refractivity contribution < 1.29 is 14.3 Å². The van der Waals surface area contributed by atoms with E-state index >= 15 is 0 Å². The minimum atomic E-state index is -0.636.